The summed E-state index contributed by atoms with van der Waals surface area (Å²) in [5.41, 5.74) is 0.971. The molecule has 20 heavy (non-hydrogen) atoms. The molecule has 4 nitrogen and oxygen atoms in total. The van der Waals surface area contributed by atoms with E-state index in [9.17, 15) is 0 Å². The van der Waals surface area contributed by atoms with Gasteiger partial charge in [-0.2, -0.15) is 0 Å². The summed E-state index contributed by atoms with van der Waals surface area (Å²) < 4.78 is 0. The van der Waals surface area contributed by atoms with Crippen LogP contribution in [0.1, 0.15) is 24.4 Å². The Morgan fingerprint density at radius 3 is 2.45 bits per heavy atom. The van der Waals surface area contributed by atoms with Crippen molar-refractivity contribution >= 4 is 34.8 Å². The first kappa shape index (κ1) is 14.9. The SMILES string of the molecule is CNc1cc(NC(C)c2ccc(Cl)cc2Cl)nc(C)n1. The Labute approximate surface area is 128 Å². The Morgan fingerprint density at radius 1 is 1.10 bits per heavy atom. The van der Waals surface area contributed by atoms with Crippen molar-refractivity contribution in [2.75, 3.05) is 17.7 Å². The van der Waals surface area contributed by atoms with Crippen LogP contribution in [0, 0.1) is 6.92 Å². The molecule has 2 rings (SSSR count). The van der Waals surface area contributed by atoms with Crippen LogP contribution in [0.3, 0.4) is 0 Å². The van der Waals surface area contributed by atoms with Gasteiger partial charge in [-0.15, -0.1) is 0 Å². The van der Waals surface area contributed by atoms with Gasteiger partial charge in [0.15, 0.2) is 0 Å². The topological polar surface area (TPSA) is 49.8 Å². The zero-order chi connectivity index (χ0) is 14.7. The lowest BCUT2D eigenvalue weighted by molar-refractivity contribution is 0.868. The highest BCUT2D eigenvalue weighted by molar-refractivity contribution is 6.35. The molecule has 0 saturated carbocycles. The van der Waals surface area contributed by atoms with Crippen LogP contribution in [0.15, 0.2) is 24.3 Å². The first-order valence-electron chi connectivity index (χ1n) is 6.24. The van der Waals surface area contributed by atoms with Crippen molar-refractivity contribution in [1.82, 2.24) is 9.97 Å². The summed E-state index contributed by atoms with van der Waals surface area (Å²) in [4.78, 5) is 8.62. The van der Waals surface area contributed by atoms with Crippen LogP contribution >= 0.6 is 23.2 Å². The number of hydrogen-bond acceptors (Lipinski definition) is 4. The number of aromatic nitrogens is 2. The van der Waals surface area contributed by atoms with Crippen LogP contribution < -0.4 is 10.6 Å². The number of rotatable bonds is 4. The molecule has 0 bridgehead atoms. The summed E-state index contributed by atoms with van der Waals surface area (Å²) in [5.74, 6) is 2.23. The Hall–Kier alpha value is -1.52. The van der Waals surface area contributed by atoms with Crippen molar-refractivity contribution in [1.29, 1.82) is 0 Å². The van der Waals surface area contributed by atoms with E-state index in [4.69, 9.17) is 23.2 Å². The van der Waals surface area contributed by atoms with Gasteiger partial charge in [0.2, 0.25) is 0 Å². The third-order valence-corrected chi connectivity index (χ3v) is 3.45. The standard InChI is InChI=1S/C14H16Cl2N4/c1-8(11-5-4-10(15)6-12(11)16)18-14-7-13(17-3)19-9(2)20-14/h4-8H,1-3H3,(H2,17,18,19,20). The highest BCUT2D eigenvalue weighted by Crippen LogP contribution is 2.28. The summed E-state index contributed by atoms with van der Waals surface area (Å²) in [7, 11) is 1.82. The second kappa shape index (κ2) is 6.29. The summed E-state index contributed by atoms with van der Waals surface area (Å²) in [5, 5.41) is 7.58. The van der Waals surface area contributed by atoms with Crippen LogP contribution in [0.25, 0.3) is 0 Å². The quantitative estimate of drug-likeness (QED) is 0.883. The van der Waals surface area contributed by atoms with E-state index in [0.717, 1.165) is 17.2 Å². The van der Waals surface area contributed by atoms with Crippen LogP contribution in [0.2, 0.25) is 10.0 Å². The van der Waals surface area contributed by atoms with Crippen molar-refractivity contribution in [3.63, 3.8) is 0 Å². The zero-order valence-electron chi connectivity index (χ0n) is 11.5. The minimum atomic E-state index is 0.0128. The second-order valence-corrected chi connectivity index (χ2v) is 5.31. The fourth-order valence-electron chi connectivity index (χ4n) is 1.92. The van der Waals surface area contributed by atoms with Gasteiger partial charge in [0.1, 0.15) is 17.5 Å². The molecule has 0 amide bonds. The van der Waals surface area contributed by atoms with E-state index < -0.39 is 0 Å². The molecule has 0 spiro atoms. The highest BCUT2D eigenvalue weighted by atomic mass is 35.5. The van der Waals surface area contributed by atoms with E-state index in [1.165, 1.54) is 0 Å². The summed E-state index contributed by atoms with van der Waals surface area (Å²) >= 11 is 12.1. The maximum atomic E-state index is 6.21. The first-order chi connectivity index (χ1) is 9.49. The van der Waals surface area contributed by atoms with Crippen molar-refractivity contribution < 1.29 is 0 Å². The fourth-order valence-corrected chi connectivity index (χ4v) is 2.49. The molecular weight excluding hydrogens is 295 g/mol. The van der Waals surface area contributed by atoms with Gasteiger partial charge in [-0.1, -0.05) is 29.3 Å². The molecule has 2 aromatic rings. The van der Waals surface area contributed by atoms with Crippen molar-refractivity contribution in [3.05, 3.63) is 45.7 Å². The van der Waals surface area contributed by atoms with E-state index in [-0.39, 0.29) is 6.04 Å². The molecule has 6 heteroatoms. The number of anilines is 2. The average molecular weight is 311 g/mol. The largest absolute Gasteiger partial charge is 0.373 e. The molecule has 0 radical (unpaired) electrons. The number of nitrogens with one attached hydrogen (secondary N) is 2. The third-order valence-electron chi connectivity index (χ3n) is 2.89. The summed E-state index contributed by atoms with van der Waals surface area (Å²) in [6, 6.07) is 7.34. The van der Waals surface area contributed by atoms with Gasteiger partial charge in [-0.05, 0) is 31.5 Å². The lowest BCUT2D eigenvalue weighted by Gasteiger charge is -2.17. The van der Waals surface area contributed by atoms with Crippen LogP contribution in [-0.2, 0) is 0 Å². The Kier molecular flexibility index (Phi) is 4.68. The van der Waals surface area contributed by atoms with Gasteiger partial charge in [0, 0.05) is 23.2 Å². The van der Waals surface area contributed by atoms with Gasteiger partial charge < -0.3 is 10.6 Å². The van der Waals surface area contributed by atoms with Crippen molar-refractivity contribution in [2.45, 2.75) is 19.9 Å². The molecule has 1 aromatic carbocycles. The molecule has 1 unspecified atom stereocenters. The molecule has 106 valence electrons. The van der Waals surface area contributed by atoms with Gasteiger partial charge in [-0.3, -0.25) is 0 Å². The molecule has 2 N–H and O–H groups in total. The monoisotopic (exact) mass is 310 g/mol. The molecule has 0 saturated heterocycles. The number of halogens is 2. The minimum Gasteiger partial charge on any atom is -0.373 e. The number of benzene rings is 1. The fraction of sp³-hybridized carbons (Fsp3) is 0.286. The molecule has 1 atom stereocenters. The van der Waals surface area contributed by atoms with Gasteiger partial charge >= 0.3 is 0 Å². The predicted octanol–water partition coefficient (Wildman–Crippen LogP) is 4.31. The Balaban J connectivity index is 2.22. The molecule has 0 aliphatic heterocycles. The molecule has 1 aromatic heterocycles. The maximum Gasteiger partial charge on any atom is 0.132 e. The number of nitrogens with zero attached hydrogens (tertiary/aromatic N) is 2. The molecule has 0 aliphatic rings. The third kappa shape index (κ3) is 3.52. The predicted molar refractivity (Wildman–Crippen MR) is 84.8 cm³/mol. The maximum absolute atomic E-state index is 6.21. The highest BCUT2D eigenvalue weighted by Gasteiger charge is 2.11. The molecule has 0 fully saturated rings. The Bertz CT molecular complexity index is 616. The molecular formula is C14H16Cl2N4. The van der Waals surface area contributed by atoms with E-state index in [0.29, 0.717) is 15.9 Å². The number of hydrogen-bond donors (Lipinski definition) is 2. The van der Waals surface area contributed by atoms with Crippen LogP contribution in [-0.4, -0.2) is 17.0 Å². The first-order valence-corrected chi connectivity index (χ1v) is 7.00. The van der Waals surface area contributed by atoms with E-state index >= 15 is 0 Å². The van der Waals surface area contributed by atoms with Crippen molar-refractivity contribution in [3.8, 4) is 0 Å². The smallest absolute Gasteiger partial charge is 0.132 e. The van der Waals surface area contributed by atoms with E-state index in [1.807, 2.05) is 39.1 Å². The van der Waals surface area contributed by atoms with Crippen LogP contribution in [0.4, 0.5) is 11.6 Å². The minimum absolute atomic E-state index is 0.0128. The second-order valence-electron chi connectivity index (χ2n) is 4.47. The van der Waals surface area contributed by atoms with Crippen molar-refractivity contribution in [2.24, 2.45) is 0 Å². The lowest BCUT2D eigenvalue weighted by atomic mass is 10.1. The van der Waals surface area contributed by atoms with Gasteiger partial charge in [0.25, 0.3) is 0 Å². The van der Waals surface area contributed by atoms with E-state index in [2.05, 4.69) is 20.6 Å². The van der Waals surface area contributed by atoms with Gasteiger partial charge in [0.05, 0.1) is 6.04 Å². The zero-order valence-corrected chi connectivity index (χ0v) is 13.0. The molecule has 1 heterocycles. The summed E-state index contributed by atoms with van der Waals surface area (Å²) in [6.45, 7) is 3.87. The molecule has 0 aliphatic carbocycles. The van der Waals surface area contributed by atoms with Gasteiger partial charge in [-0.25, -0.2) is 9.97 Å². The van der Waals surface area contributed by atoms with Crippen LogP contribution in [0.5, 0.6) is 0 Å². The number of aryl methyl sites for hydroxylation is 1. The lowest BCUT2D eigenvalue weighted by Crippen LogP contribution is -2.10. The normalized spacial score (nSPS) is 12.1. The summed E-state index contributed by atoms with van der Waals surface area (Å²) in [6.07, 6.45) is 0. The van der Waals surface area contributed by atoms with E-state index in [1.54, 1.807) is 6.07 Å². The average Bonchev–Trinajstić information content (AvgIpc) is 2.37. The Morgan fingerprint density at radius 2 is 1.80 bits per heavy atom.